The molecular weight excluding hydrogens is 81.9 g/mol. The second kappa shape index (κ2) is 25.0. The van der Waals surface area contributed by atoms with Crippen LogP contribution < -0.4 is 51.4 Å². The van der Waals surface area contributed by atoms with Crippen molar-refractivity contribution in [2.45, 2.75) is 0 Å². The Morgan fingerprint density at radius 3 is 1.25 bits per heavy atom. The van der Waals surface area contributed by atoms with Crippen LogP contribution in [0.4, 0.5) is 0 Å². The standard InChI is InChI=1S/BHO.K.H2O/c1-2;;/h1H;;1H2/q;+1;/p-1. The second-order valence-electron chi connectivity index (χ2n) is 0. The Morgan fingerprint density at radius 1 is 1.25 bits per heavy atom. The first kappa shape index (κ1) is 17.9. The quantitative estimate of drug-likeness (QED) is 0.281. The van der Waals surface area contributed by atoms with Gasteiger partial charge in [-0.3, -0.25) is 0 Å². The van der Waals surface area contributed by atoms with Gasteiger partial charge in [0.05, 0.1) is 0 Å². The molecule has 4 heteroatoms. The van der Waals surface area contributed by atoms with E-state index in [1.807, 2.05) is 7.72 Å². The fourth-order valence-corrected chi connectivity index (χ4v) is 0. The van der Waals surface area contributed by atoms with Crippen molar-refractivity contribution in [3.63, 3.8) is 0 Å². The van der Waals surface area contributed by atoms with Gasteiger partial charge in [0.15, 0.2) is 0 Å². The minimum Gasteiger partial charge on any atom is -0.870 e. The van der Waals surface area contributed by atoms with Crippen molar-refractivity contribution >= 4 is 7.72 Å². The number of rotatable bonds is 0. The second-order valence-corrected chi connectivity index (χ2v) is 0. The van der Waals surface area contributed by atoms with Gasteiger partial charge in [0.1, 0.15) is 0 Å². The maximum atomic E-state index is 8.00. The van der Waals surface area contributed by atoms with Crippen molar-refractivity contribution in [3.8, 4) is 0 Å². The predicted molar refractivity (Wildman–Crippen MR) is 9.77 cm³/mol. The summed E-state index contributed by atoms with van der Waals surface area (Å²) in [5, 5.41) is 0. The molecule has 4 heavy (non-hydrogen) atoms. The van der Waals surface area contributed by atoms with Crippen LogP contribution in [0.25, 0.3) is 0 Å². The number of hydrogen-bond donors (Lipinski definition) is 0. The maximum Gasteiger partial charge on any atom is 1.00 e. The molecule has 1 N–H and O–H groups in total. The Hall–Kier alpha value is 1.46. The molecule has 0 aliphatic heterocycles. The van der Waals surface area contributed by atoms with Gasteiger partial charge < -0.3 is 5.48 Å². The Morgan fingerprint density at radius 2 is 1.25 bits per heavy atom. The maximum absolute atomic E-state index is 8.00. The van der Waals surface area contributed by atoms with Gasteiger partial charge >= 0.3 is 63.8 Å². The molecule has 18 valence electrons. The molecule has 0 fully saturated rings. The molecule has 0 amide bonds. The molecule has 0 radical (unpaired) electrons. The van der Waals surface area contributed by atoms with Gasteiger partial charge in [0.2, 0.25) is 0 Å². The molecule has 0 atom stereocenters. The van der Waals surface area contributed by atoms with Gasteiger partial charge in [-0.2, -0.15) is 0 Å². The third-order valence-electron chi connectivity index (χ3n) is 0. The van der Waals surface area contributed by atoms with Gasteiger partial charge in [-0.15, -0.1) is 0 Å². The van der Waals surface area contributed by atoms with Crippen LogP contribution in [0.1, 0.15) is 0 Å². The van der Waals surface area contributed by atoms with Crippen LogP contribution in [0.2, 0.25) is 0 Å². The van der Waals surface area contributed by atoms with Gasteiger partial charge in [0, 0.05) is 0 Å². The summed E-state index contributed by atoms with van der Waals surface area (Å²) in [7, 11) is 2.00. The summed E-state index contributed by atoms with van der Waals surface area (Å²) in [5.74, 6) is 0. The Labute approximate surface area is 68.1 Å². The first-order valence-electron chi connectivity index (χ1n) is 0.289. The Balaban J connectivity index is -0.00000000500. The van der Waals surface area contributed by atoms with E-state index >= 15 is 0 Å². The van der Waals surface area contributed by atoms with Crippen LogP contribution in [-0.2, 0) is 4.70 Å². The molecule has 0 unspecified atom stereocenters. The van der Waals surface area contributed by atoms with E-state index in [1.165, 1.54) is 0 Å². The molecule has 0 spiro atoms. The first-order valence-corrected chi connectivity index (χ1v) is 0.289. The monoisotopic (exact) mass is 84.0 g/mol. The molecule has 0 aromatic carbocycles. The van der Waals surface area contributed by atoms with Crippen molar-refractivity contribution in [3.05, 3.63) is 0 Å². The Kier molecular flexibility index (Phi) is 112. The third-order valence-corrected chi connectivity index (χ3v) is 0. The van der Waals surface area contributed by atoms with E-state index in [9.17, 15) is 0 Å². The smallest absolute Gasteiger partial charge is 0.870 e. The van der Waals surface area contributed by atoms with E-state index in [4.69, 9.17) is 4.70 Å². The zero-order chi connectivity index (χ0) is 2.00. The summed E-state index contributed by atoms with van der Waals surface area (Å²) in [6.07, 6.45) is 0. The summed E-state index contributed by atoms with van der Waals surface area (Å²) in [6.45, 7) is 0. The third kappa shape index (κ3) is 9.82. The minimum atomic E-state index is 0. The van der Waals surface area contributed by atoms with Gasteiger partial charge in [-0.25, -0.2) is 0 Å². The van der Waals surface area contributed by atoms with Gasteiger partial charge in [-0.05, 0) is 0 Å². The average Bonchev–Trinajstić information content (AvgIpc) is 1.00. The predicted octanol–water partition coefficient (Wildman–Crippen LogP) is -3.94. The van der Waals surface area contributed by atoms with Crippen molar-refractivity contribution < 1.29 is 61.6 Å². The molecule has 0 bridgehead atoms. The van der Waals surface area contributed by atoms with Crippen molar-refractivity contribution in [1.29, 1.82) is 0 Å². The molecule has 0 saturated heterocycles. The zero-order valence-corrected chi connectivity index (χ0v) is 5.69. The van der Waals surface area contributed by atoms with Gasteiger partial charge in [0.25, 0.3) is 0 Å². The van der Waals surface area contributed by atoms with Crippen LogP contribution in [0.3, 0.4) is 0 Å². The fourth-order valence-electron chi connectivity index (χ4n) is 0. The summed E-state index contributed by atoms with van der Waals surface area (Å²) >= 11 is 0. The summed E-state index contributed by atoms with van der Waals surface area (Å²) < 4.78 is 8.00. The molecule has 2 nitrogen and oxygen atoms in total. The summed E-state index contributed by atoms with van der Waals surface area (Å²) in [4.78, 5) is 0. The van der Waals surface area contributed by atoms with Crippen LogP contribution in [0.5, 0.6) is 0 Å². The first-order chi connectivity index (χ1) is 1.00. The van der Waals surface area contributed by atoms with Crippen molar-refractivity contribution in [2.75, 3.05) is 0 Å². The molecule has 0 rings (SSSR count). The molecule has 0 aromatic heterocycles. The van der Waals surface area contributed by atoms with E-state index in [1.54, 1.807) is 0 Å². The Bertz CT molecular complexity index is 6.00. The summed E-state index contributed by atoms with van der Waals surface area (Å²) in [6, 6.07) is 0. The molecule has 0 aliphatic rings. The van der Waals surface area contributed by atoms with Crippen LogP contribution >= 0.6 is 0 Å². The van der Waals surface area contributed by atoms with E-state index in [0.717, 1.165) is 0 Å². The minimum absolute atomic E-state index is 0. The van der Waals surface area contributed by atoms with E-state index in [2.05, 4.69) is 0 Å². The van der Waals surface area contributed by atoms with Crippen LogP contribution in [0.15, 0.2) is 0 Å². The largest absolute Gasteiger partial charge is 1.00 e. The SMILES string of the molecule is B=O.[K+].[OH-]. The van der Waals surface area contributed by atoms with Crippen LogP contribution in [-0.4, -0.2) is 13.2 Å². The van der Waals surface area contributed by atoms with E-state index in [0.29, 0.717) is 0 Å². The molecule has 0 heterocycles. The fraction of sp³-hybridized carbons (Fsp3) is 0. The van der Waals surface area contributed by atoms with Crippen LogP contribution in [0, 0.1) is 0 Å². The summed E-state index contributed by atoms with van der Waals surface area (Å²) in [5.41, 5.74) is 0. The molecule has 0 aromatic rings. The normalized spacial score (nSPS) is 0.750. The zero-order valence-electron chi connectivity index (χ0n) is 2.56. The van der Waals surface area contributed by atoms with Gasteiger partial charge in [-0.1, -0.05) is 0 Å². The van der Waals surface area contributed by atoms with Crippen molar-refractivity contribution in [2.24, 2.45) is 0 Å². The number of hydrogen-bond acceptors (Lipinski definition) is 2. The molecular formula is H2BKO2. The van der Waals surface area contributed by atoms with E-state index < -0.39 is 0 Å². The molecule has 0 aliphatic carbocycles. The topological polar surface area (TPSA) is 47.1 Å². The average molecular weight is 83.9 g/mol. The molecule has 0 saturated carbocycles. The van der Waals surface area contributed by atoms with E-state index in [-0.39, 0.29) is 56.9 Å². The van der Waals surface area contributed by atoms with Crippen molar-refractivity contribution in [1.82, 2.24) is 0 Å².